The van der Waals surface area contributed by atoms with Crippen LogP contribution in [0.25, 0.3) is 6.08 Å². The number of esters is 1. The molecule has 2 rings (SSSR count). The van der Waals surface area contributed by atoms with Gasteiger partial charge in [0.25, 0.3) is 5.91 Å². The predicted octanol–water partition coefficient (Wildman–Crippen LogP) is 4.38. The summed E-state index contributed by atoms with van der Waals surface area (Å²) in [6, 6.07) is 7.42. The fourth-order valence-corrected chi connectivity index (χ4v) is 3.96. The molecule has 0 aliphatic heterocycles. The molecule has 1 heterocycles. The zero-order chi connectivity index (χ0) is 23.0. The van der Waals surface area contributed by atoms with Gasteiger partial charge >= 0.3 is 5.97 Å². The lowest BCUT2D eigenvalue weighted by atomic mass is 10.1. The van der Waals surface area contributed by atoms with E-state index in [1.165, 1.54) is 11.0 Å². The van der Waals surface area contributed by atoms with Crippen LogP contribution in [0.4, 0.5) is 5.00 Å². The van der Waals surface area contributed by atoms with Crippen LogP contribution in [0.3, 0.4) is 0 Å². The first-order chi connectivity index (χ1) is 14.8. The van der Waals surface area contributed by atoms with Crippen LogP contribution >= 0.6 is 11.3 Å². The Morgan fingerprint density at radius 3 is 2.52 bits per heavy atom. The third-order valence-corrected chi connectivity index (χ3v) is 5.45. The monoisotopic (exact) mass is 444 g/mol. The van der Waals surface area contributed by atoms with E-state index in [0.29, 0.717) is 22.8 Å². The summed E-state index contributed by atoms with van der Waals surface area (Å²) in [7, 11) is 3.26. The van der Waals surface area contributed by atoms with E-state index in [4.69, 9.17) is 9.47 Å². The lowest BCUT2D eigenvalue weighted by Crippen LogP contribution is -2.21. The minimum atomic E-state index is -0.577. The SMILES string of the molecule is CCCOc1ccccc1/C=C/C(=O)Nc1sc(C(=O)N(C)C)c(C)c1C(=O)OCC. The number of hydrogen-bond donors (Lipinski definition) is 1. The third-order valence-electron chi connectivity index (χ3n) is 4.26. The number of thiophene rings is 1. The van der Waals surface area contributed by atoms with Crippen LogP contribution < -0.4 is 10.1 Å². The van der Waals surface area contributed by atoms with Crippen molar-refractivity contribution in [3.8, 4) is 5.75 Å². The highest BCUT2D eigenvalue weighted by atomic mass is 32.1. The van der Waals surface area contributed by atoms with Gasteiger partial charge in [0.1, 0.15) is 10.8 Å². The Labute approximate surface area is 186 Å². The van der Waals surface area contributed by atoms with E-state index in [-0.39, 0.29) is 23.1 Å². The van der Waals surface area contributed by atoms with Gasteiger partial charge in [-0.05, 0) is 38.0 Å². The Bertz CT molecular complexity index is 978. The molecule has 0 radical (unpaired) electrons. The van der Waals surface area contributed by atoms with Crippen molar-refractivity contribution in [1.82, 2.24) is 4.90 Å². The summed E-state index contributed by atoms with van der Waals surface area (Å²) in [6.45, 7) is 6.16. The molecule has 0 atom stereocenters. The summed E-state index contributed by atoms with van der Waals surface area (Å²) in [5.41, 5.74) is 1.45. The predicted molar refractivity (Wildman–Crippen MR) is 123 cm³/mol. The number of rotatable bonds is 9. The van der Waals surface area contributed by atoms with E-state index in [1.54, 1.807) is 34.0 Å². The number of ether oxygens (including phenoxy) is 2. The maximum absolute atomic E-state index is 12.6. The number of nitrogens with one attached hydrogen (secondary N) is 1. The molecule has 0 fully saturated rings. The van der Waals surface area contributed by atoms with E-state index in [1.807, 2.05) is 31.2 Å². The highest BCUT2D eigenvalue weighted by Gasteiger charge is 2.27. The Balaban J connectivity index is 2.30. The van der Waals surface area contributed by atoms with Gasteiger partial charge in [0.15, 0.2) is 0 Å². The van der Waals surface area contributed by atoms with Gasteiger partial charge in [-0.3, -0.25) is 9.59 Å². The number of amides is 2. The number of carbonyl (C=O) groups is 3. The number of anilines is 1. The summed E-state index contributed by atoms with van der Waals surface area (Å²) in [5, 5.41) is 3.00. The van der Waals surface area contributed by atoms with Gasteiger partial charge < -0.3 is 19.7 Å². The minimum absolute atomic E-state index is 0.187. The van der Waals surface area contributed by atoms with Gasteiger partial charge in [0.2, 0.25) is 5.91 Å². The summed E-state index contributed by atoms with van der Waals surface area (Å²) in [6.07, 6.45) is 3.89. The topological polar surface area (TPSA) is 84.9 Å². The molecule has 0 saturated heterocycles. The highest BCUT2D eigenvalue weighted by Crippen LogP contribution is 2.34. The standard InChI is InChI=1S/C23H28N2O5S/c1-6-14-30-17-11-9-8-10-16(17)12-13-18(26)24-21-19(23(28)29-7-2)15(3)20(31-21)22(27)25(4)5/h8-13H,6-7,14H2,1-5H3,(H,24,26)/b13-12+. The van der Waals surface area contributed by atoms with Gasteiger partial charge in [0, 0.05) is 25.7 Å². The van der Waals surface area contributed by atoms with E-state index in [0.717, 1.165) is 23.3 Å². The zero-order valence-corrected chi connectivity index (χ0v) is 19.3. The van der Waals surface area contributed by atoms with Crippen molar-refractivity contribution in [2.24, 2.45) is 0 Å². The average Bonchev–Trinajstić information content (AvgIpc) is 3.06. The molecule has 2 amide bonds. The zero-order valence-electron chi connectivity index (χ0n) is 18.5. The Hall–Kier alpha value is -3.13. The first-order valence-electron chi connectivity index (χ1n) is 10.0. The molecule has 1 N–H and O–H groups in total. The second kappa shape index (κ2) is 11.3. The van der Waals surface area contributed by atoms with Crippen LogP contribution in [-0.4, -0.2) is 50.0 Å². The molecule has 2 aromatic rings. The minimum Gasteiger partial charge on any atom is -0.493 e. The third kappa shape index (κ3) is 6.18. The molecule has 166 valence electrons. The fraction of sp³-hybridized carbons (Fsp3) is 0.348. The fourth-order valence-electron chi connectivity index (χ4n) is 2.74. The average molecular weight is 445 g/mol. The van der Waals surface area contributed by atoms with E-state index >= 15 is 0 Å². The van der Waals surface area contributed by atoms with Gasteiger partial charge in [0.05, 0.1) is 23.7 Å². The molecule has 1 aromatic carbocycles. The first-order valence-corrected chi connectivity index (χ1v) is 10.8. The molecule has 0 bridgehead atoms. The molecule has 0 unspecified atom stereocenters. The number of carbonyl (C=O) groups excluding carboxylic acids is 3. The maximum Gasteiger partial charge on any atom is 0.341 e. The summed E-state index contributed by atoms with van der Waals surface area (Å²) in [5.74, 6) is -0.565. The van der Waals surface area contributed by atoms with Crippen LogP contribution in [-0.2, 0) is 9.53 Å². The van der Waals surface area contributed by atoms with Gasteiger partial charge in [-0.1, -0.05) is 25.1 Å². The molecular formula is C23H28N2O5S. The van der Waals surface area contributed by atoms with Crippen LogP contribution in [0.15, 0.2) is 30.3 Å². The van der Waals surface area contributed by atoms with Crippen molar-refractivity contribution in [1.29, 1.82) is 0 Å². The van der Waals surface area contributed by atoms with Crippen molar-refractivity contribution >= 4 is 40.2 Å². The van der Waals surface area contributed by atoms with Crippen LogP contribution in [0.2, 0.25) is 0 Å². The van der Waals surface area contributed by atoms with Crippen LogP contribution in [0, 0.1) is 6.92 Å². The number of nitrogens with zero attached hydrogens (tertiary/aromatic N) is 1. The van der Waals surface area contributed by atoms with Crippen molar-refractivity contribution in [3.63, 3.8) is 0 Å². The molecule has 8 heteroatoms. The highest BCUT2D eigenvalue weighted by molar-refractivity contribution is 7.18. The van der Waals surface area contributed by atoms with Crippen molar-refractivity contribution in [2.75, 3.05) is 32.6 Å². The second-order valence-corrected chi connectivity index (χ2v) is 7.91. The van der Waals surface area contributed by atoms with Gasteiger partial charge in [-0.15, -0.1) is 11.3 Å². The van der Waals surface area contributed by atoms with Gasteiger partial charge in [-0.25, -0.2) is 4.79 Å². The second-order valence-electron chi connectivity index (χ2n) is 6.89. The molecule has 0 saturated carbocycles. The molecular weight excluding hydrogens is 416 g/mol. The Morgan fingerprint density at radius 2 is 1.87 bits per heavy atom. The van der Waals surface area contributed by atoms with E-state index in [2.05, 4.69) is 5.32 Å². The lowest BCUT2D eigenvalue weighted by molar-refractivity contribution is -0.111. The molecule has 31 heavy (non-hydrogen) atoms. The first kappa shape index (κ1) is 24.1. The Kier molecular flexibility index (Phi) is 8.81. The summed E-state index contributed by atoms with van der Waals surface area (Å²) < 4.78 is 10.8. The largest absolute Gasteiger partial charge is 0.493 e. The Morgan fingerprint density at radius 1 is 1.16 bits per heavy atom. The molecule has 0 aliphatic carbocycles. The molecule has 1 aromatic heterocycles. The quantitative estimate of drug-likeness (QED) is 0.458. The van der Waals surface area contributed by atoms with E-state index in [9.17, 15) is 14.4 Å². The van der Waals surface area contributed by atoms with Crippen LogP contribution in [0.5, 0.6) is 5.75 Å². The van der Waals surface area contributed by atoms with Crippen molar-refractivity contribution < 1.29 is 23.9 Å². The number of benzene rings is 1. The number of hydrogen-bond acceptors (Lipinski definition) is 6. The normalized spacial score (nSPS) is 10.7. The van der Waals surface area contributed by atoms with Crippen molar-refractivity contribution in [2.45, 2.75) is 27.2 Å². The van der Waals surface area contributed by atoms with Gasteiger partial charge in [-0.2, -0.15) is 0 Å². The number of para-hydroxylation sites is 1. The maximum atomic E-state index is 12.6. The smallest absolute Gasteiger partial charge is 0.341 e. The summed E-state index contributed by atoms with van der Waals surface area (Å²) in [4.78, 5) is 39.3. The van der Waals surface area contributed by atoms with Crippen LogP contribution in [0.1, 0.15) is 51.4 Å². The molecule has 0 aliphatic rings. The molecule has 7 nitrogen and oxygen atoms in total. The molecule has 0 spiro atoms. The lowest BCUT2D eigenvalue weighted by Gasteiger charge is -2.09. The summed E-state index contributed by atoms with van der Waals surface area (Å²) >= 11 is 1.06. The van der Waals surface area contributed by atoms with Crippen molar-refractivity contribution in [3.05, 3.63) is 51.9 Å². The van der Waals surface area contributed by atoms with E-state index < -0.39 is 11.9 Å².